The van der Waals surface area contributed by atoms with Gasteiger partial charge in [-0.2, -0.15) is 0 Å². The molecular weight excluding hydrogens is 264 g/mol. The summed E-state index contributed by atoms with van der Waals surface area (Å²) < 4.78 is 5.29. The fraction of sp³-hybridized carbons (Fsp3) is 0.308. The van der Waals surface area contributed by atoms with Crippen LogP contribution in [-0.4, -0.2) is 36.5 Å². The van der Waals surface area contributed by atoms with E-state index in [1.54, 1.807) is 25.2 Å². The van der Waals surface area contributed by atoms with Gasteiger partial charge in [-0.1, -0.05) is 0 Å². The Hall–Kier alpha value is -2.57. The lowest BCUT2D eigenvalue weighted by Crippen LogP contribution is -2.35. The zero-order chi connectivity index (χ0) is 14.7. The van der Waals surface area contributed by atoms with Gasteiger partial charge < -0.3 is 20.1 Å². The van der Waals surface area contributed by atoms with Crippen molar-refractivity contribution >= 4 is 29.2 Å². The average molecular weight is 278 g/mol. The van der Waals surface area contributed by atoms with Crippen LogP contribution in [0.5, 0.6) is 5.75 Å². The third-order valence-electron chi connectivity index (χ3n) is 2.90. The van der Waals surface area contributed by atoms with E-state index in [-0.39, 0.29) is 31.3 Å². The van der Waals surface area contributed by atoms with E-state index in [1.807, 2.05) is 0 Å². The van der Waals surface area contributed by atoms with Crippen molar-refractivity contribution in [1.82, 2.24) is 0 Å². The van der Waals surface area contributed by atoms with Gasteiger partial charge in [0.15, 0.2) is 6.61 Å². The van der Waals surface area contributed by atoms with Gasteiger partial charge in [-0.15, -0.1) is 0 Å². The summed E-state index contributed by atoms with van der Waals surface area (Å²) >= 11 is 0. The zero-order valence-electron chi connectivity index (χ0n) is 10.9. The van der Waals surface area contributed by atoms with Crippen LogP contribution in [-0.2, 0) is 14.4 Å². The molecule has 1 aromatic carbocycles. The van der Waals surface area contributed by atoms with Crippen molar-refractivity contribution in [3.8, 4) is 5.75 Å². The van der Waals surface area contributed by atoms with E-state index < -0.39 is 5.97 Å². The predicted molar refractivity (Wildman–Crippen MR) is 70.8 cm³/mol. The van der Waals surface area contributed by atoms with Gasteiger partial charge in [0.05, 0.1) is 12.1 Å². The second-order valence-corrected chi connectivity index (χ2v) is 4.37. The zero-order valence-corrected chi connectivity index (χ0v) is 10.9. The molecule has 20 heavy (non-hydrogen) atoms. The maximum atomic E-state index is 11.5. The van der Waals surface area contributed by atoms with E-state index in [0.29, 0.717) is 17.1 Å². The maximum absolute atomic E-state index is 11.5. The standard InChI is InChI=1S/C13H14N2O5/c1-15-9-3-2-8(6-10(9)20-7-12(15)17)14-11(16)4-5-13(18)19/h2-3,6H,4-5,7H2,1H3,(H,14,16)(H,18,19). The highest BCUT2D eigenvalue weighted by atomic mass is 16.5. The number of amides is 2. The Morgan fingerprint density at radius 1 is 1.40 bits per heavy atom. The number of hydrogen-bond donors (Lipinski definition) is 2. The minimum atomic E-state index is -1.02. The van der Waals surface area contributed by atoms with Crippen molar-refractivity contribution in [2.24, 2.45) is 0 Å². The molecule has 7 heteroatoms. The van der Waals surface area contributed by atoms with Crippen LogP contribution in [0.15, 0.2) is 18.2 Å². The highest BCUT2D eigenvalue weighted by molar-refractivity contribution is 5.98. The summed E-state index contributed by atoms with van der Waals surface area (Å²) in [6, 6.07) is 4.91. The first kappa shape index (κ1) is 13.9. The highest BCUT2D eigenvalue weighted by Gasteiger charge is 2.22. The minimum Gasteiger partial charge on any atom is -0.481 e. The number of carbonyl (C=O) groups excluding carboxylic acids is 2. The molecule has 1 aliphatic heterocycles. The predicted octanol–water partition coefficient (Wildman–Crippen LogP) is 0.845. The molecule has 0 aromatic heterocycles. The van der Waals surface area contributed by atoms with Crippen LogP contribution in [0.1, 0.15) is 12.8 Å². The SMILES string of the molecule is CN1C(=O)COc2cc(NC(=O)CCC(=O)O)ccc21. The van der Waals surface area contributed by atoms with Gasteiger partial charge in [-0.05, 0) is 12.1 Å². The Balaban J connectivity index is 2.06. The molecule has 7 nitrogen and oxygen atoms in total. The Morgan fingerprint density at radius 3 is 2.85 bits per heavy atom. The Kier molecular flexibility index (Phi) is 3.88. The number of rotatable bonds is 4. The van der Waals surface area contributed by atoms with Crippen LogP contribution in [0.2, 0.25) is 0 Å². The molecule has 1 aliphatic rings. The van der Waals surface area contributed by atoms with Crippen LogP contribution in [0.4, 0.5) is 11.4 Å². The molecule has 1 heterocycles. The number of anilines is 2. The van der Waals surface area contributed by atoms with E-state index in [0.717, 1.165) is 0 Å². The molecule has 1 aromatic rings. The molecule has 0 fully saturated rings. The first-order chi connectivity index (χ1) is 9.47. The van der Waals surface area contributed by atoms with Gasteiger partial charge in [0.1, 0.15) is 5.75 Å². The summed E-state index contributed by atoms with van der Waals surface area (Å²) in [7, 11) is 1.65. The summed E-state index contributed by atoms with van der Waals surface area (Å²) in [5.41, 5.74) is 1.13. The summed E-state index contributed by atoms with van der Waals surface area (Å²) in [5.74, 6) is -1.04. The molecule has 2 N–H and O–H groups in total. The fourth-order valence-electron chi connectivity index (χ4n) is 1.80. The number of likely N-dealkylation sites (N-methyl/N-ethyl adjacent to an activating group) is 1. The largest absolute Gasteiger partial charge is 0.481 e. The lowest BCUT2D eigenvalue weighted by Gasteiger charge is -2.26. The van der Waals surface area contributed by atoms with Crippen molar-refractivity contribution in [2.45, 2.75) is 12.8 Å². The topological polar surface area (TPSA) is 95.9 Å². The van der Waals surface area contributed by atoms with Crippen LogP contribution in [0.3, 0.4) is 0 Å². The molecule has 2 rings (SSSR count). The second-order valence-electron chi connectivity index (χ2n) is 4.37. The number of ether oxygens (including phenoxy) is 1. The molecule has 0 bridgehead atoms. The number of nitrogens with one attached hydrogen (secondary N) is 1. The molecule has 106 valence electrons. The minimum absolute atomic E-state index is 0.0418. The lowest BCUT2D eigenvalue weighted by molar-refractivity contribution is -0.138. The third kappa shape index (κ3) is 3.05. The molecule has 0 aliphatic carbocycles. The molecular formula is C13H14N2O5. The average Bonchev–Trinajstić information content (AvgIpc) is 2.41. The highest BCUT2D eigenvalue weighted by Crippen LogP contribution is 2.33. The Morgan fingerprint density at radius 2 is 2.15 bits per heavy atom. The van der Waals surface area contributed by atoms with Crippen LogP contribution >= 0.6 is 0 Å². The van der Waals surface area contributed by atoms with Gasteiger partial charge in [-0.3, -0.25) is 14.4 Å². The third-order valence-corrected chi connectivity index (χ3v) is 2.90. The summed E-state index contributed by atoms with van der Waals surface area (Å²) in [4.78, 5) is 34.8. The molecule has 0 saturated carbocycles. The van der Waals surface area contributed by atoms with Gasteiger partial charge in [0, 0.05) is 25.2 Å². The lowest BCUT2D eigenvalue weighted by atomic mass is 10.2. The van der Waals surface area contributed by atoms with E-state index in [2.05, 4.69) is 5.32 Å². The van der Waals surface area contributed by atoms with E-state index >= 15 is 0 Å². The summed E-state index contributed by atoms with van der Waals surface area (Å²) in [6.45, 7) is -0.0418. The Bertz CT molecular complexity index is 570. The number of carbonyl (C=O) groups is 3. The summed E-state index contributed by atoms with van der Waals surface area (Å²) in [5, 5.41) is 11.1. The van der Waals surface area contributed by atoms with E-state index in [1.165, 1.54) is 4.90 Å². The number of carboxylic acid groups (broad SMARTS) is 1. The quantitative estimate of drug-likeness (QED) is 0.851. The normalized spacial score (nSPS) is 13.4. The van der Waals surface area contributed by atoms with E-state index in [9.17, 15) is 14.4 Å². The molecule has 0 atom stereocenters. The molecule has 0 saturated heterocycles. The fourth-order valence-corrected chi connectivity index (χ4v) is 1.80. The first-order valence-electron chi connectivity index (χ1n) is 6.02. The van der Waals surface area contributed by atoms with Crippen LogP contribution < -0.4 is 15.0 Å². The second kappa shape index (κ2) is 5.60. The van der Waals surface area contributed by atoms with Crippen molar-refractivity contribution < 1.29 is 24.2 Å². The van der Waals surface area contributed by atoms with Gasteiger partial charge >= 0.3 is 5.97 Å². The molecule has 0 spiro atoms. The maximum Gasteiger partial charge on any atom is 0.303 e. The van der Waals surface area contributed by atoms with Crippen molar-refractivity contribution in [3.05, 3.63) is 18.2 Å². The number of benzene rings is 1. The summed E-state index contributed by atoms with van der Waals surface area (Å²) in [6.07, 6.45) is -0.309. The van der Waals surface area contributed by atoms with Crippen molar-refractivity contribution in [1.29, 1.82) is 0 Å². The molecule has 0 radical (unpaired) electrons. The molecule has 2 amide bonds. The van der Waals surface area contributed by atoms with Crippen LogP contribution in [0, 0.1) is 0 Å². The smallest absolute Gasteiger partial charge is 0.303 e. The number of fused-ring (bicyclic) bond motifs is 1. The number of carboxylic acids is 1. The van der Waals surface area contributed by atoms with E-state index in [4.69, 9.17) is 9.84 Å². The number of aliphatic carboxylic acids is 1. The van der Waals surface area contributed by atoms with Crippen molar-refractivity contribution in [2.75, 3.05) is 23.9 Å². The van der Waals surface area contributed by atoms with Gasteiger partial charge in [-0.25, -0.2) is 0 Å². The van der Waals surface area contributed by atoms with Crippen molar-refractivity contribution in [3.63, 3.8) is 0 Å². The van der Waals surface area contributed by atoms with Gasteiger partial charge in [0.2, 0.25) is 5.91 Å². The first-order valence-corrected chi connectivity index (χ1v) is 6.02. The van der Waals surface area contributed by atoms with Crippen LogP contribution in [0.25, 0.3) is 0 Å². The number of nitrogens with zero attached hydrogens (tertiary/aromatic N) is 1. The molecule has 0 unspecified atom stereocenters. The van der Waals surface area contributed by atoms with Gasteiger partial charge in [0.25, 0.3) is 5.91 Å². The monoisotopic (exact) mass is 278 g/mol. The number of hydrogen-bond acceptors (Lipinski definition) is 4. The Labute approximate surface area is 115 Å².